The zero-order valence-corrected chi connectivity index (χ0v) is 7.31. The maximum absolute atomic E-state index is 13.4. The van der Waals surface area contributed by atoms with Crippen molar-refractivity contribution in [3.05, 3.63) is 36.4 Å². The average Bonchev–Trinajstić information content (AvgIpc) is 2.64. The molecule has 0 amide bonds. The van der Waals surface area contributed by atoms with E-state index in [9.17, 15) is 4.39 Å². The van der Waals surface area contributed by atoms with Crippen LogP contribution in [0.2, 0.25) is 0 Å². The van der Waals surface area contributed by atoms with Crippen molar-refractivity contribution >= 4 is 11.4 Å². The van der Waals surface area contributed by atoms with E-state index in [1.807, 2.05) is 0 Å². The number of nitrogens with two attached hydrogens (primary N) is 2. The number of benzene rings is 1. The Morgan fingerprint density at radius 3 is 2.57 bits per heavy atom. The topological polar surface area (TPSA) is 69.9 Å². The highest BCUT2D eigenvalue weighted by Gasteiger charge is 2.07. The monoisotopic (exact) mass is 192 g/mol. The van der Waals surface area contributed by atoms with Crippen LogP contribution < -0.4 is 11.5 Å². The lowest BCUT2D eigenvalue weighted by atomic mass is 10.2. The van der Waals surface area contributed by atoms with Crippen LogP contribution in [0.25, 0.3) is 5.69 Å². The summed E-state index contributed by atoms with van der Waals surface area (Å²) >= 11 is 0. The van der Waals surface area contributed by atoms with Gasteiger partial charge in [0.2, 0.25) is 0 Å². The zero-order chi connectivity index (χ0) is 10.1. The summed E-state index contributed by atoms with van der Waals surface area (Å²) in [6.07, 6.45) is 3.19. The molecule has 4 N–H and O–H groups in total. The number of aromatic nitrogens is 2. The molecule has 0 bridgehead atoms. The molecule has 1 heterocycles. The second-order valence-electron chi connectivity index (χ2n) is 2.88. The van der Waals surface area contributed by atoms with Gasteiger partial charge in [-0.25, -0.2) is 9.07 Å². The van der Waals surface area contributed by atoms with Crippen LogP contribution in [0.5, 0.6) is 0 Å². The second kappa shape index (κ2) is 3.02. The fourth-order valence-electron chi connectivity index (χ4n) is 1.18. The number of hydrogen-bond acceptors (Lipinski definition) is 3. The van der Waals surface area contributed by atoms with Gasteiger partial charge < -0.3 is 11.5 Å². The molecule has 1 aromatic heterocycles. The predicted molar refractivity (Wildman–Crippen MR) is 52.3 cm³/mol. The van der Waals surface area contributed by atoms with E-state index in [0.29, 0.717) is 11.4 Å². The highest BCUT2D eigenvalue weighted by Crippen LogP contribution is 2.22. The molecule has 2 aromatic rings. The van der Waals surface area contributed by atoms with Gasteiger partial charge in [0.25, 0.3) is 0 Å². The molecule has 0 fully saturated rings. The summed E-state index contributed by atoms with van der Waals surface area (Å²) in [5.41, 5.74) is 11.9. The van der Waals surface area contributed by atoms with Gasteiger partial charge >= 0.3 is 0 Å². The molecule has 72 valence electrons. The first-order chi connectivity index (χ1) is 6.68. The third kappa shape index (κ3) is 1.28. The number of hydrogen-bond donors (Lipinski definition) is 2. The van der Waals surface area contributed by atoms with Crippen molar-refractivity contribution in [1.82, 2.24) is 9.78 Å². The molecule has 14 heavy (non-hydrogen) atoms. The Labute approximate surface area is 79.9 Å². The van der Waals surface area contributed by atoms with Crippen LogP contribution in [-0.2, 0) is 0 Å². The third-order valence-corrected chi connectivity index (χ3v) is 1.90. The molecule has 0 saturated heterocycles. The van der Waals surface area contributed by atoms with Crippen molar-refractivity contribution in [2.45, 2.75) is 0 Å². The number of anilines is 2. The normalized spacial score (nSPS) is 10.4. The standard InChI is InChI=1S/C9H9FN4/c10-6-4-7(11)8(12)5-9(6)14-3-1-2-13-14/h1-5H,11-12H2. The summed E-state index contributed by atoms with van der Waals surface area (Å²) < 4.78 is 14.8. The second-order valence-corrected chi connectivity index (χ2v) is 2.88. The van der Waals surface area contributed by atoms with E-state index in [1.165, 1.54) is 16.8 Å². The summed E-state index contributed by atoms with van der Waals surface area (Å²) in [5, 5.41) is 3.90. The molecular formula is C9H9FN4. The minimum Gasteiger partial charge on any atom is -0.397 e. The van der Waals surface area contributed by atoms with Crippen molar-refractivity contribution in [3.8, 4) is 5.69 Å². The Kier molecular flexibility index (Phi) is 1.85. The van der Waals surface area contributed by atoms with E-state index in [2.05, 4.69) is 5.10 Å². The molecule has 0 atom stereocenters. The van der Waals surface area contributed by atoms with Crippen molar-refractivity contribution < 1.29 is 4.39 Å². The van der Waals surface area contributed by atoms with Gasteiger partial charge in [0.05, 0.1) is 11.4 Å². The van der Waals surface area contributed by atoms with E-state index < -0.39 is 5.82 Å². The molecule has 4 nitrogen and oxygen atoms in total. The molecular weight excluding hydrogens is 183 g/mol. The Morgan fingerprint density at radius 2 is 1.93 bits per heavy atom. The fourth-order valence-corrected chi connectivity index (χ4v) is 1.18. The van der Waals surface area contributed by atoms with Gasteiger partial charge in [-0.15, -0.1) is 0 Å². The number of nitrogen functional groups attached to an aromatic ring is 2. The third-order valence-electron chi connectivity index (χ3n) is 1.90. The van der Waals surface area contributed by atoms with Gasteiger partial charge in [-0.2, -0.15) is 5.10 Å². The van der Waals surface area contributed by atoms with Crippen LogP contribution in [0.15, 0.2) is 30.6 Å². The minimum absolute atomic E-state index is 0.235. The number of nitrogens with zero attached hydrogens (tertiary/aromatic N) is 2. The lowest BCUT2D eigenvalue weighted by Crippen LogP contribution is -2.02. The molecule has 0 spiro atoms. The minimum atomic E-state index is -0.444. The smallest absolute Gasteiger partial charge is 0.151 e. The van der Waals surface area contributed by atoms with Crippen molar-refractivity contribution in [3.63, 3.8) is 0 Å². The molecule has 5 heteroatoms. The van der Waals surface area contributed by atoms with Crippen LogP contribution in [0, 0.1) is 5.82 Å². The number of rotatable bonds is 1. The van der Waals surface area contributed by atoms with Gasteiger partial charge in [-0.3, -0.25) is 0 Å². The van der Waals surface area contributed by atoms with Gasteiger partial charge in [-0.05, 0) is 12.1 Å². The molecule has 0 radical (unpaired) electrons. The Hall–Kier alpha value is -2.04. The SMILES string of the molecule is Nc1cc(F)c(-n2cccn2)cc1N. The van der Waals surface area contributed by atoms with E-state index in [1.54, 1.807) is 18.5 Å². The highest BCUT2D eigenvalue weighted by atomic mass is 19.1. The maximum atomic E-state index is 13.4. The van der Waals surface area contributed by atoms with Crippen LogP contribution in [0.1, 0.15) is 0 Å². The molecule has 0 aliphatic carbocycles. The van der Waals surface area contributed by atoms with Crippen LogP contribution in [0.3, 0.4) is 0 Å². The molecule has 1 aromatic carbocycles. The van der Waals surface area contributed by atoms with Crippen molar-refractivity contribution in [2.75, 3.05) is 11.5 Å². The lowest BCUT2D eigenvalue weighted by Gasteiger charge is -2.06. The summed E-state index contributed by atoms with van der Waals surface area (Å²) in [7, 11) is 0. The molecule has 0 aliphatic rings. The first-order valence-electron chi connectivity index (χ1n) is 4.03. The Balaban J connectivity index is 2.60. The first-order valence-corrected chi connectivity index (χ1v) is 4.03. The summed E-state index contributed by atoms with van der Waals surface area (Å²) in [5.74, 6) is -0.444. The van der Waals surface area contributed by atoms with Crippen LogP contribution in [0.4, 0.5) is 15.8 Å². The fraction of sp³-hybridized carbons (Fsp3) is 0. The maximum Gasteiger partial charge on any atom is 0.151 e. The zero-order valence-electron chi connectivity index (χ0n) is 7.31. The van der Waals surface area contributed by atoms with Crippen LogP contribution in [-0.4, -0.2) is 9.78 Å². The molecule has 0 aliphatic heterocycles. The van der Waals surface area contributed by atoms with Crippen molar-refractivity contribution in [1.29, 1.82) is 0 Å². The van der Waals surface area contributed by atoms with E-state index in [4.69, 9.17) is 11.5 Å². The molecule has 0 saturated carbocycles. The van der Waals surface area contributed by atoms with E-state index in [0.717, 1.165) is 0 Å². The van der Waals surface area contributed by atoms with E-state index >= 15 is 0 Å². The predicted octanol–water partition coefficient (Wildman–Crippen LogP) is 1.18. The Morgan fingerprint density at radius 1 is 1.21 bits per heavy atom. The quantitative estimate of drug-likeness (QED) is 0.666. The van der Waals surface area contributed by atoms with Crippen LogP contribution >= 0.6 is 0 Å². The lowest BCUT2D eigenvalue weighted by molar-refractivity contribution is 0.612. The summed E-state index contributed by atoms with van der Waals surface area (Å²) in [6.45, 7) is 0. The largest absolute Gasteiger partial charge is 0.397 e. The summed E-state index contributed by atoms with van der Waals surface area (Å²) in [4.78, 5) is 0. The Bertz CT molecular complexity index is 450. The average molecular weight is 192 g/mol. The van der Waals surface area contributed by atoms with Gasteiger partial charge in [0.15, 0.2) is 5.82 Å². The number of halogens is 1. The van der Waals surface area contributed by atoms with Crippen molar-refractivity contribution in [2.24, 2.45) is 0 Å². The molecule has 2 rings (SSSR count). The first kappa shape index (κ1) is 8.55. The van der Waals surface area contributed by atoms with Gasteiger partial charge in [-0.1, -0.05) is 0 Å². The van der Waals surface area contributed by atoms with Gasteiger partial charge in [0, 0.05) is 18.5 Å². The molecule has 0 unspecified atom stereocenters. The summed E-state index contributed by atoms with van der Waals surface area (Å²) in [6, 6.07) is 4.34. The van der Waals surface area contributed by atoms with Gasteiger partial charge in [0.1, 0.15) is 5.69 Å². The van der Waals surface area contributed by atoms with E-state index in [-0.39, 0.29) is 5.69 Å². The highest BCUT2D eigenvalue weighted by molar-refractivity contribution is 5.66.